The van der Waals surface area contributed by atoms with Crippen LogP contribution < -0.4 is 5.73 Å². The molecule has 3 nitrogen and oxygen atoms in total. The molecule has 0 aliphatic heterocycles. The molecule has 0 saturated heterocycles. The van der Waals surface area contributed by atoms with Gasteiger partial charge in [-0.25, -0.2) is 0 Å². The number of rotatable bonds is 2. The zero-order chi connectivity index (χ0) is 11.7. The van der Waals surface area contributed by atoms with Crippen molar-refractivity contribution in [1.82, 2.24) is 9.78 Å². The van der Waals surface area contributed by atoms with Crippen molar-refractivity contribution in [2.75, 3.05) is 5.73 Å². The maximum absolute atomic E-state index is 5.99. The van der Waals surface area contributed by atoms with Crippen LogP contribution in [0.3, 0.4) is 0 Å². The number of nitrogens with zero attached hydrogens (tertiary/aromatic N) is 2. The van der Waals surface area contributed by atoms with Gasteiger partial charge in [-0.15, -0.1) is 0 Å². The van der Waals surface area contributed by atoms with E-state index in [1.54, 1.807) is 10.7 Å². The molecule has 0 spiro atoms. The number of anilines is 1. The summed E-state index contributed by atoms with van der Waals surface area (Å²) in [6.07, 6.45) is 2.85. The summed E-state index contributed by atoms with van der Waals surface area (Å²) >= 11 is 5.99. The van der Waals surface area contributed by atoms with Crippen LogP contribution in [0.2, 0.25) is 5.02 Å². The fourth-order valence-corrected chi connectivity index (χ4v) is 1.95. The standard InChI is InChI=1S/C12H14ClN3/c1-3-12-10(7-16(2)15-12)9-6-8(13)4-5-11(9)14/h4-7H,3,14H2,1-2H3. The largest absolute Gasteiger partial charge is 0.398 e. The smallest absolute Gasteiger partial charge is 0.0700 e. The minimum atomic E-state index is 0.690. The van der Waals surface area contributed by atoms with E-state index in [1.807, 2.05) is 25.4 Å². The molecule has 0 aliphatic carbocycles. The number of hydrogen-bond acceptors (Lipinski definition) is 2. The van der Waals surface area contributed by atoms with Crippen molar-refractivity contribution < 1.29 is 0 Å². The topological polar surface area (TPSA) is 43.8 Å². The Bertz CT molecular complexity index is 517. The van der Waals surface area contributed by atoms with Crippen LogP contribution in [0.5, 0.6) is 0 Å². The van der Waals surface area contributed by atoms with E-state index < -0.39 is 0 Å². The quantitative estimate of drug-likeness (QED) is 0.814. The van der Waals surface area contributed by atoms with Crippen LogP contribution in [0.15, 0.2) is 24.4 Å². The lowest BCUT2D eigenvalue weighted by Gasteiger charge is -2.05. The first kappa shape index (κ1) is 11.0. The van der Waals surface area contributed by atoms with Crippen molar-refractivity contribution in [3.05, 3.63) is 35.1 Å². The van der Waals surface area contributed by atoms with Crippen LogP contribution >= 0.6 is 11.6 Å². The van der Waals surface area contributed by atoms with Crippen molar-refractivity contribution in [2.45, 2.75) is 13.3 Å². The maximum Gasteiger partial charge on any atom is 0.0700 e. The van der Waals surface area contributed by atoms with E-state index in [2.05, 4.69) is 12.0 Å². The molecule has 16 heavy (non-hydrogen) atoms. The second kappa shape index (κ2) is 4.18. The van der Waals surface area contributed by atoms with Gasteiger partial charge in [0.15, 0.2) is 0 Å². The highest BCUT2D eigenvalue weighted by molar-refractivity contribution is 6.31. The molecule has 0 atom stereocenters. The van der Waals surface area contributed by atoms with Gasteiger partial charge in [0.25, 0.3) is 0 Å². The van der Waals surface area contributed by atoms with E-state index in [-0.39, 0.29) is 0 Å². The molecule has 4 heteroatoms. The highest BCUT2D eigenvalue weighted by atomic mass is 35.5. The second-order valence-corrected chi connectivity index (χ2v) is 4.18. The lowest BCUT2D eigenvalue weighted by Crippen LogP contribution is -1.92. The highest BCUT2D eigenvalue weighted by Crippen LogP contribution is 2.31. The van der Waals surface area contributed by atoms with Crippen LogP contribution in [0.4, 0.5) is 5.69 Å². The molecule has 2 N–H and O–H groups in total. The first-order valence-electron chi connectivity index (χ1n) is 5.19. The van der Waals surface area contributed by atoms with Crippen molar-refractivity contribution in [3.63, 3.8) is 0 Å². The van der Waals surface area contributed by atoms with Gasteiger partial charge in [-0.05, 0) is 24.6 Å². The zero-order valence-corrected chi connectivity index (χ0v) is 10.1. The zero-order valence-electron chi connectivity index (χ0n) is 9.37. The van der Waals surface area contributed by atoms with Gasteiger partial charge in [0.2, 0.25) is 0 Å². The van der Waals surface area contributed by atoms with Crippen LogP contribution in [-0.4, -0.2) is 9.78 Å². The number of benzene rings is 1. The molecule has 0 fully saturated rings. The molecule has 0 unspecified atom stereocenters. The number of nitrogen functional groups attached to an aromatic ring is 1. The van der Waals surface area contributed by atoms with Crippen LogP contribution in [0, 0.1) is 0 Å². The predicted octanol–water partition coefficient (Wildman–Crippen LogP) is 2.89. The molecular weight excluding hydrogens is 222 g/mol. The third-order valence-corrected chi connectivity index (χ3v) is 2.78. The van der Waals surface area contributed by atoms with Crippen LogP contribution in [0.1, 0.15) is 12.6 Å². The Morgan fingerprint density at radius 2 is 2.12 bits per heavy atom. The number of aromatic nitrogens is 2. The molecule has 0 radical (unpaired) electrons. The number of halogens is 1. The maximum atomic E-state index is 5.99. The van der Waals surface area contributed by atoms with Gasteiger partial charge in [0, 0.05) is 35.1 Å². The monoisotopic (exact) mass is 235 g/mol. The third-order valence-electron chi connectivity index (χ3n) is 2.55. The second-order valence-electron chi connectivity index (χ2n) is 3.75. The molecule has 1 aromatic heterocycles. The van der Waals surface area contributed by atoms with E-state index in [1.165, 1.54) is 0 Å². The van der Waals surface area contributed by atoms with Gasteiger partial charge in [0.1, 0.15) is 0 Å². The van der Waals surface area contributed by atoms with Crippen LogP contribution in [-0.2, 0) is 13.5 Å². The minimum Gasteiger partial charge on any atom is -0.398 e. The molecule has 2 rings (SSSR count). The Kier molecular flexibility index (Phi) is 2.88. The van der Waals surface area contributed by atoms with Crippen molar-refractivity contribution in [3.8, 4) is 11.1 Å². The summed E-state index contributed by atoms with van der Waals surface area (Å²) < 4.78 is 1.80. The molecule has 0 saturated carbocycles. The lowest BCUT2D eigenvalue weighted by atomic mass is 10.0. The summed E-state index contributed by atoms with van der Waals surface area (Å²) in [7, 11) is 1.91. The van der Waals surface area contributed by atoms with Gasteiger partial charge in [0.05, 0.1) is 5.69 Å². The van der Waals surface area contributed by atoms with Gasteiger partial charge in [-0.3, -0.25) is 4.68 Å². The molecule has 1 aromatic carbocycles. The van der Waals surface area contributed by atoms with E-state index in [4.69, 9.17) is 17.3 Å². The lowest BCUT2D eigenvalue weighted by molar-refractivity contribution is 0.746. The SMILES string of the molecule is CCc1nn(C)cc1-c1cc(Cl)ccc1N. The average molecular weight is 236 g/mol. The Balaban J connectivity index is 2.61. The molecule has 84 valence electrons. The van der Waals surface area contributed by atoms with Crippen LogP contribution in [0.25, 0.3) is 11.1 Å². The van der Waals surface area contributed by atoms with Crippen molar-refractivity contribution >= 4 is 17.3 Å². The predicted molar refractivity (Wildman–Crippen MR) is 67.4 cm³/mol. The summed E-state index contributed by atoms with van der Waals surface area (Å²) in [5.74, 6) is 0. The van der Waals surface area contributed by atoms with Gasteiger partial charge >= 0.3 is 0 Å². The van der Waals surface area contributed by atoms with Gasteiger partial charge < -0.3 is 5.73 Å². The van der Waals surface area contributed by atoms with E-state index in [9.17, 15) is 0 Å². The molecule has 0 amide bonds. The summed E-state index contributed by atoms with van der Waals surface area (Å²) in [5.41, 5.74) is 9.74. The average Bonchev–Trinajstić information content (AvgIpc) is 2.63. The van der Waals surface area contributed by atoms with E-state index >= 15 is 0 Å². The van der Waals surface area contributed by atoms with E-state index in [0.717, 1.165) is 28.9 Å². The van der Waals surface area contributed by atoms with E-state index in [0.29, 0.717) is 5.02 Å². The molecule has 2 aromatic rings. The molecule has 1 heterocycles. The van der Waals surface area contributed by atoms with Crippen molar-refractivity contribution in [1.29, 1.82) is 0 Å². The normalized spacial score (nSPS) is 10.7. The first-order chi connectivity index (χ1) is 7.61. The summed E-state index contributed by atoms with van der Waals surface area (Å²) in [4.78, 5) is 0. The Morgan fingerprint density at radius 3 is 2.81 bits per heavy atom. The number of aryl methyl sites for hydroxylation is 2. The fraction of sp³-hybridized carbons (Fsp3) is 0.250. The molecule has 0 bridgehead atoms. The summed E-state index contributed by atoms with van der Waals surface area (Å²) in [5, 5.41) is 5.08. The van der Waals surface area contributed by atoms with Crippen molar-refractivity contribution in [2.24, 2.45) is 7.05 Å². The molecule has 0 aliphatic rings. The fourth-order valence-electron chi connectivity index (χ4n) is 1.78. The minimum absolute atomic E-state index is 0.690. The highest BCUT2D eigenvalue weighted by Gasteiger charge is 2.11. The summed E-state index contributed by atoms with van der Waals surface area (Å²) in [6.45, 7) is 2.08. The first-order valence-corrected chi connectivity index (χ1v) is 5.57. The van der Waals surface area contributed by atoms with Gasteiger partial charge in [-0.1, -0.05) is 18.5 Å². The Morgan fingerprint density at radius 1 is 1.38 bits per heavy atom. The Hall–Kier alpha value is -1.48. The third kappa shape index (κ3) is 1.91. The van der Waals surface area contributed by atoms with Gasteiger partial charge in [-0.2, -0.15) is 5.10 Å². The number of hydrogen-bond donors (Lipinski definition) is 1. The number of nitrogens with two attached hydrogens (primary N) is 1. The Labute approximate surface area is 99.8 Å². The molecular formula is C12H14ClN3. The summed E-state index contributed by atoms with van der Waals surface area (Å²) in [6, 6.07) is 5.50.